The maximum absolute atomic E-state index is 13.5. The van der Waals surface area contributed by atoms with Gasteiger partial charge in [0.2, 0.25) is 0 Å². The number of hydrogen-bond acceptors (Lipinski definition) is 2. The first-order chi connectivity index (χ1) is 16.5. The number of carbonyl (C=O) groups excluding carboxylic acids is 1. The fraction of sp³-hybridized carbons (Fsp3) is 0.250. The van der Waals surface area contributed by atoms with Crippen LogP contribution in [0.4, 0.5) is 0 Å². The molecule has 4 nitrogen and oxygen atoms in total. The first kappa shape index (κ1) is 23.0. The number of halogens is 2. The van der Waals surface area contributed by atoms with E-state index in [1.807, 2.05) is 29.2 Å². The highest BCUT2D eigenvalue weighted by molar-refractivity contribution is 6.35. The van der Waals surface area contributed by atoms with E-state index in [0.717, 1.165) is 31.3 Å². The second kappa shape index (κ2) is 10.2. The number of para-hydroxylation sites is 1. The zero-order valence-electron chi connectivity index (χ0n) is 18.8. The molecule has 6 heteroatoms. The number of aromatic nitrogens is 1. The van der Waals surface area contributed by atoms with Gasteiger partial charge in [-0.15, -0.1) is 0 Å². The Bertz CT molecular complexity index is 1230. The normalized spacial score (nSPS) is 18.4. The molecule has 4 aromatic rings. The summed E-state index contributed by atoms with van der Waals surface area (Å²) in [6.07, 6.45) is 2.59. The van der Waals surface area contributed by atoms with E-state index in [0.29, 0.717) is 28.2 Å². The SMILES string of the molecule is O=C(c1cc(Cl)cc(Cl)c1)N1CC[C@H](NCc2cc3ccccc3[nH]2)C[C@@H]1Cc1ccccc1. The van der Waals surface area contributed by atoms with Crippen molar-refractivity contribution >= 4 is 40.0 Å². The number of nitrogens with zero attached hydrogens (tertiary/aromatic N) is 1. The Hall–Kier alpha value is -2.79. The molecule has 1 amide bonds. The van der Waals surface area contributed by atoms with Crippen LogP contribution in [-0.2, 0) is 13.0 Å². The number of fused-ring (bicyclic) bond motifs is 1. The first-order valence-electron chi connectivity index (χ1n) is 11.7. The summed E-state index contributed by atoms with van der Waals surface area (Å²) in [7, 11) is 0. The molecule has 0 unspecified atom stereocenters. The Kier molecular flexibility index (Phi) is 6.91. The van der Waals surface area contributed by atoms with Crippen LogP contribution in [0.1, 0.15) is 34.5 Å². The number of benzene rings is 3. The number of carbonyl (C=O) groups is 1. The molecule has 174 valence electrons. The Morgan fingerprint density at radius 2 is 1.71 bits per heavy atom. The molecule has 0 aliphatic carbocycles. The highest BCUT2D eigenvalue weighted by atomic mass is 35.5. The van der Waals surface area contributed by atoms with E-state index in [9.17, 15) is 4.79 Å². The molecule has 1 aliphatic rings. The summed E-state index contributed by atoms with van der Waals surface area (Å²) in [6, 6.07) is 26.4. The number of hydrogen-bond donors (Lipinski definition) is 2. The minimum atomic E-state index is -0.0144. The standard InChI is InChI=1S/C28H27Cl2N3O/c29-22-13-21(14-23(30)16-22)28(34)33-11-10-24(17-26(33)12-19-6-2-1-3-7-19)31-18-25-15-20-8-4-5-9-27(20)32-25/h1-9,13-16,24,26,31-32H,10-12,17-18H2/t24-,26-/m0/s1. The van der Waals surface area contributed by atoms with Crippen LogP contribution in [0.15, 0.2) is 78.9 Å². The van der Waals surface area contributed by atoms with Crippen LogP contribution in [0.5, 0.6) is 0 Å². The monoisotopic (exact) mass is 491 g/mol. The lowest BCUT2D eigenvalue weighted by Crippen LogP contribution is -2.51. The van der Waals surface area contributed by atoms with Crippen LogP contribution in [-0.4, -0.2) is 34.4 Å². The zero-order chi connectivity index (χ0) is 23.5. The molecule has 0 radical (unpaired) electrons. The molecule has 0 saturated carbocycles. The molecule has 2 N–H and O–H groups in total. The largest absolute Gasteiger partial charge is 0.357 e. The van der Waals surface area contributed by atoms with Gasteiger partial charge in [-0.25, -0.2) is 0 Å². The van der Waals surface area contributed by atoms with E-state index in [1.54, 1.807) is 18.2 Å². The average molecular weight is 492 g/mol. The van der Waals surface area contributed by atoms with Crippen molar-refractivity contribution in [3.63, 3.8) is 0 Å². The number of likely N-dealkylation sites (tertiary alicyclic amines) is 1. The molecular weight excluding hydrogens is 465 g/mol. The van der Waals surface area contributed by atoms with E-state index in [-0.39, 0.29) is 11.9 Å². The number of nitrogens with one attached hydrogen (secondary N) is 2. The third kappa shape index (κ3) is 5.30. The Labute approximate surface area is 209 Å². The molecule has 0 bridgehead atoms. The molecule has 2 atom stereocenters. The Balaban J connectivity index is 1.32. The number of piperidine rings is 1. The Morgan fingerprint density at radius 1 is 0.971 bits per heavy atom. The topological polar surface area (TPSA) is 48.1 Å². The number of aromatic amines is 1. The van der Waals surface area contributed by atoms with Gasteiger partial charge in [0.05, 0.1) is 0 Å². The highest BCUT2D eigenvalue weighted by Gasteiger charge is 2.32. The van der Waals surface area contributed by atoms with Crippen LogP contribution in [0, 0.1) is 0 Å². The van der Waals surface area contributed by atoms with Crippen molar-refractivity contribution in [2.45, 2.75) is 37.9 Å². The predicted molar refractivity (Wildman–Crippen MR) is 140 cm³/mol. The average Bonchev–Trinajstić information content (AvgIpc) is 3.26. The second-order valence-electron chi connectivity index (χ2n) is 8.98. The van der Waals surface area contributed by atoms with Crippen molar-refractivity contribution in [1.82, 2.24) is 15.2 Å². The van der Waals surface area contributed by atoms with E-state index < -0.39 is 0 Å². The lowest BCUT2D eigenvalue weighted by molar-refractivity contribution is 0.0576. The van der Waals surface area contributed by atoms with Gasteiger partial charge in [0, 0.05) is 52.0 Å². The number of rotatable bonds is 6. The molecule has 5 rings (SSSR count). The van der Waals surface area contributed by atoms with Crippen LogP contribution < -0.4 is 5.32 Å². The number of H-pyrrole nitrogens is 1. The van der Waals surface area contributed by atoms with Crippen LogP contribution in [0.2, 0.25) is 10.0 Å². The molecule has 3 aromatic carbocycles. The second-order valence-corrected chi connectivity index (χ2v) is 9.86. The Morgan fingerprint density at radius 3 is 2.47 bits per heavy atom. The van der Waals surface area contributed by atoms with Crippen LogP contribution in [0.25, 0.3) is 10.9 Å². The van der Waals surface area contributed by atoms with Gasteiger partial charge < -0.3 is 15.2 Å². The fourth-order valence-corrected chi connectivity index (χ4v) is 5.44. The van der Waals surface area contributed by atoms with E-state index in [2.05, 4.69) is 46.7 Å². The summed E-state index contributed by atoms with van der Waals surface area (Å²) >= 11 is 12.4. The molecule has 1 aliphatic heterocycles. The minimum absolute atomic E-state index is 0.0144. The van der Waals surface area contributed by atoms with Gasteiger partial charge in [-0.2, -0.15) is 0 Å². The molecule has 1 aromatic heterocycles. The molecule has 2 heterocycles. The maximum Gasteiger partial charge on any atom is 0.254 e. The summed E-state index contributed by atoms with van der Waals surface area (Å²) in [6.45, 7) is 1.46. The van der Waals surface area contributed by atoms with Gasteiger partial charge in [-0.05, 0) is 60.5 Å². The van der Waals surface area contributed by atoms with Crippen molar-refractivity contribution in [3.05, 3.63) is 106 Å². The third-order valence-electron chi connectivity index (χ3n) is 6.57. The van der Waals surface area contributed by atoms with E-state index >= 15 is 0 Å². The molecule has 0 spiro atoms. The lowest BCUT2D eigenvalue weighted by Gasteiger charge is -2.40. The van der Waals surface area contributed by atoms with Gasteiger partial charge in [-0.1, -0.05) is 71.7 Å². The summed E-state index contributed by atoms with van der Waals surface area (Å²) in [5.74, 6) is -0.0144. The maximum atomic E-state index is 13.5. The van der Waals surface area contributed by atoms with Gasteiger partial charge in [-0.3, -0.25) is 4.79 Å². The summed E-state index contributed by atoms with van der Waals surface area (Å²) in [5.41, 5.74) is 4.10. The van der Waals surface area contributed by atoms with Crippen molar-refractivity contribution in [2.24, 2.45) is 0 Å². The van der Waals surface area contributed by atoms with E-state index in [4.69, 9.17) is 23.2 Å². The number of amides is 1. The van der Waals surface area contributed by atoms with Crippen LogP contribution in [0.3, 0.4) is 0 Å². The summed E-state index contributed by atoms with van der Waals surface area (Å²) in [5, 5.41) is 5.90. The molecule has 1 fully saturated rings. The van der Waals surface area contributed by atoms with Crippen molar-refractivity contribution < 1.29 is 4.79 Å². The van der Waals surface area contributed by atoms with Crippen LogP contribution >= 0.6 is 23.2 Å². The quantitative estimate of drug-likeness (QED) is 0.324. The summed E-state index contributed by atoms with van der Waals surface area (Å²) in [4.78, 5) is 19.0. The fourth-order valence-electron chi connectivity index (χ4n) is 4.91. The minimum Gasteiger partial charge on any atom is -0.357 e. The highest BCUT2D eigenvalue weighted by Crippen LogP contribution is 2.26. The van der Waals surface area contributed by atoms with E-state index in [1.165, 1.54) is 16.6 Å². The summed E-state index contributed by atoms with van der Waals surface area (Å²) < 4.78 is 0. The molecule has 1 saturated heterocycles. The van der Waals surface area contributed by atoms with Gasteiger partial charge in [0.1, 0.15) is 0 Å². The third-order valence-corrected chi connectivity index (χ3v) is 7.00. The zero-order valence-corrected chi connectivity index (χ0v) is 20.3. The predicted octanol–water partition coefficient (Wildman–Crippen LogP) is 6.48. The van der Waals surface area contributed by atoms with Gasteiger partial charge in [0.25, 0.3) is 5.91 Å². The van der Waals surface area contributed by atoms with Crippen molar-refractivity contribution in [1.29, 1.82) is 0 Å². The van der Waals surface area contributed by atoms with Gasteiger partial charge >= 0.3 is 0 Å². The van der Waals surface area contributed by atoms with Crippen molar-refractivity contribution in [2.75, 3.05) is 6.54 Å². The van der Waals surface area contributed by atoms with Gasteiger partial charge in [0.15, 0.2) is 0 Å². The smallest absolute Gasteiger partial charge is 0.254 e. The molecule has 34 heavy (non-hydrogen) atoms. The first-order valence-corrected chi connectivity index (χ1v) is 12.4. The lowest BCUT2D eigenvalue weighted by atomic mass is 9.91. The molecular formula is C28H27Cl2N3O. The van der Waals surface area contributed by atoms with Crippen molar-refractivity contribution in [3.8, 4) is 0 Å².